The normalized spacial score (nSPS) is 11.3. The number of aromatic nitrogens is 2. The standard InChI is InChI=1S/C18H11F4N3O4/c1-10-14(17(26)29-16-8-12(19)5-6-15(16)25(27)28)9-23-24(10)13-4-2-3-11(7-13)18(20,21)22/h2-9H,1H3. The molecule has 1 heterocycles. The number of rotatable bonds is 4. The second kappa shape index (κ2) is 7.34. The minimum Gasteiger partial charge on any atom is -0.415 e. The van der Waals surface area contributed by atoms with Crippen molar-refractivity contribution in [1.82, 2.24) is 9.78 Å². The van der Waals surface area contributed by atoms with Crippen LogP contribution in [-0.4, -0.2) is 20.7 Å². The smallest absolute Gasteiger partial charge is 0.415 e. The molecule has 3 aromatic rings. The third-order valence-electron chi connectivity index (χ3n) is 3.97. The Labute approximate surface area is 160 Å². The van der Waals surface area contributed by atoms with E-state index in [1.165, 1.54) is 19.1 Å². The van der Waals surface area contributed by atoms with Gasteiger partial charge in [-0.05, 0) is 31.2 Å². The van der Waals surface area contributed by atoms with E-state index in [4.69, 9.17) is 4.74 Å². The molecule has 2 aromatic carbocycles. The van der Waals surface area contributed by atoms with Crippen LogP contribution in [0.3, 0.4) is 0 Å². The van der Waals surface area contributed by atoms with Crippen molar-refractivity contribution in [3.63, 3.8) is 0 Å². The molecular formula is C18H11F4N3O4. The van der Waals surface area contributed by atoms with Crippen molar-refractivity contribution in [1.29, 1.82) is 0 Å². The van der Waals surface area contributed by atoms with Gasteiger partial charge in [0, 0.05) is 12.1 Å². The van der Waals surface area contributed by atoms with Crippen molar-refractivity contribution in [2.24, 2.45) is 0 Å². The monoisotopic (exact) mass is 409 g/mol. The Bertz CT molecular complexity index is 1110. The van der Waals surface area contributed by atoms with Gasteiger partial charge in [0.15, 0.2) is 0 Å². The Hall–Kier alpha value is -3.76. The van der Waals surface area contributed by atoms with E-state index >= 15 is 0 Å². The Morgan fingerprint density at radius 1 is 1.21 bits per heavy atom. The van der Waals surface area contributed by atoms with Crippen molar-refractivity contribution in [3.8, 4) is 11.4 Å². The lowest BCUT2D eigenvalue weighted by molar-refractivity contribution is -0.385. The number of hydrogen-bond acceptors (Lipinski definition) is 5. The van der Waals surface area contributed by atoms with E-state index in [0.717, 1.165) is 35.1 Å². The zero-order valence-electron chi connectivity index (χ0n) is 14.6. The van der Waals surface area contributed by atoms with Gasteiger partial charge < -0.3 is 4.74 Å². The topological polar surface area (TPSA) is 87.3 Å². The molecule has 29 heavy (non-hydrogen) atoms. The highest BCUT2D eigenvalue weighted by Crippen LogP contribution is 2.31. The van der Waals surface area contributed by atoms with Crippen molar-refractivity contribution in [3.05, 3.63) is 81.4 Å². The number of hydrogen-bond donors (Lipinski definition) is 0. The quantitative estimate of drug-likeness (QED) is 0.209. The number of esters is 1. The molecule has 11 heteroatoms. The molecule has 0 aliphatic heterocycles. The maximum absolute atomic E-state index is 13.4. The average Bonchev–Trinajstić information content (AvgIpc) is 3.02. The fourth-order valence-electron chi connectivity index (χ4n) is 2.56. The van der Waals surface area contributed by atoms with E-state index in [1.807, 2.05) is 0 Å². The molecule has 0 saturated heterocycles. The Balaban J connectivity index is 1.94. The van der Waals surface area contributed by atoms with Crippen LogP contribution in [0.1, 0.15) is 21.6 Å². The van der Waals surface area contributed by atoms with E-state index < -0.39 is 39.9 Å². The summed E-state index contributed by atoms with van der Waals surface area (Å²) in [4.78, 5) is 22.5. The van der Waals surface area contributed by atoms with Gasteiger partial charge in [0.25, 0.3) is 0 Å². The maximum Gasteiger partial charge on any atom is 0.416 e. The number of carbonyl (C=O) groups excluding carboxylic acids is 1. The van der Waals surface area contributed by atoms with Crippen LogP contribution in [0.15, 0.2) is 48.7 Å². The molecule has 0 fully saturated rings. The molecule has 0 aliphatic carbocycles. The number of benzene rings is 2. The summed E-state index contributed by atoms with van der Waals surface area (Å²) in [5.74, 6) is -2.53. The summed E-state index contributed by atoms with van der Waals surface area (Å²) in [6.45, 7) is 1.41. The zero-order chi connectivity index (χ0) is 21.3. The number of ether oxygens (including phenoxy) is 1. The van der Waals surface area contributed by atoms with Gasteiger partial charge in [0.05, 0.1) is 28.1 Å². The van der Waals surface area contributed by atoms with Crippen LogP contribution in [-0.2, 0) is 6.18 Å². The van der Waals surface area contributed by atoms with E-state index in [0.29, 0.717) is 6.07 Å². The van der Waals surface area contributed by atoms with Crippen LogP contribution in [0.4, 0.5) is 23.2 Å². The highest BCUT2D eigenvalue weighted by Gasteiger charge is 2.31. The number of halogens is 4. The molecule has 3 rings (SSSR count). The Morgan fingerprint density at radius 3 is 2.59 bits per heavy atom. The average molecular weight is 409 g/mol. The molecular weight excluding hydrogens is 398 g/mol. The molecule has 0 bridgehead atoms. The van der Waals surface area contributed by atoms with Crippen LogP contribution in [0.25, 0.3) is 5.69 Å². The van der Waals surface area contributed by atoms with Gasteiger partial charge in [0.1, 0.15) is 11.4 Å². The first-order valence-electron chi connectivity index (χ1n) is 7.96. The van der Waals surface area contributed by atoms with Gasteiger partial charge in [-0.1, -0.05) is 6.07 Å². The van der Waals surface area contributed by atoms with Crippen LogP contribution in [0.5, 0.6) is 5.75 Å². The second-order valence-electron chi connectivity index (χ2n) is 5.86. The molecule has 0 N–H and O–H groups in total. The van der Waals surface area contributed by atoms with Crippen LogP contribution in [0, 0.1) is 22.9 Å². The van der Waals surface area contributed by atoms with Crippen LogP contribution in [0.2, 0.25) is 0 Å². The first kappa shape index (κ1) is 20.0. The number of nitrogens with zero attached hydrogens (tertiary/aromatic N) is 3. The molecule has 0 saturated carbocycles. The maximum atomic E-state index is 13.4. The van der Waals surface area contributed by atoms with Crippen LogP contribution >= 0.6 is 0 Å². The van der Waals surface area contributed by atoms with Crippen molar-refractivity contribution >= 4 is 11.7 Å². The summed E-state index contributed by atoms with van der Waals surface area (Å²) in [5, 5.41) is 14.9. The number of nitro benzene ring substituents is 1. The molecule has 0 spiro atoms. The van der Waals surface area contributed by atoms with Gasteiger partial charge >= 0.3 is 17.8 Å². The molecule has 7 nitrogen and oxygen atoms in total. The fourth-order valence-corrected chi connectivity index (χ4v) is 2.56. The van der Waals surface area contributed by atoms with Gasteiger partial charge in [-0.3, -0.25) is 10.1 Å². The van der Waals surface area contributed by atoms with Crippen molar-refractivity contribution in [2.45, 2.75) is 13.1 Å². The SMILES string of the molecule is Cc1c(C(=O)Oc2cc(F)ccc2[N+](=O)[O-])cnn1-c1cccc(C(F)(F)F)c1. The summed E-state index contributed by atoms with van der Waals surface area (Å²) < 4.78 is 58.1. The lowest BCUT2D eigenvalue weighted by Gasteiger charge is -2.10. The number of carbonyl (C=O) groups is 1. The number of nitro groups is 1. The van der Waals surface area contributed by atoms with Crippen molar-refractivity contribution < 1.29 is 32.0 Å². The third kappa shape index (κ3) is 4.08. The third-order valence-corrected chi connectivity index (χ3v) is 3.97. The number of alkyl halides is 3. The molecule has 150 valence electrons. The summed E-state index contributed by atoms with van der Waals surface area (Å²) in [6, 6.07) is 6.66. The fraction of sp³-hybridized carbons (Fsp3) is 0.111. The zero-order valence-corrected chi connectivity index (χ0v) is 14.6. The highest BCUT2D eigenvalue weighted by molar-refractivity contribution is 5.92. The Kier molecular flexibility index (Phi) is 5.06. The first-order chi connectivity index (χ1) is 13.6. The molecule has 1 aromatic heterocycles. The van der Waals surface area contributed by atoms with Crippen LogP contribution < -0.4 is 4.74 Å². The van der Waals surface area contributed by atoms with E-state index in [-0.39, 0.29) is 16.9 Å². The lowest BCUT2D eigenvalue weighted by atomic mass is 10.2. The van der Waals surface area contributed by atoms with Gasteiger partial charge in [-0.15, -0.1) is 0 Å². The lowest BCUT2D eigenvalue weighted by Crippen LogP contribution is -2.12. The van der Waals surface area contributed by atoms with E-state index in [9.17, 15) is 32.5 Å². The summed E-state index contributed by atoms with van der Waals surface area (Å²) >= 11 is 0. The summed E-state index contributed by atoms with van der Waals surface area (Å²) in [6.07, 6.45) is -3.52. The van der Waals surface area contributed by atoms with E-state index in [1.54, 1.807) is 0 Å². The van der Waals surface area contributed by atoms with Gasteiger partial charge in [-0.2, -0.15) is 18.3 Å². The first-order valence-corrected chi connectivity index (χ1v) is 7.96. The predicted octanol–water partition coefficient (Wildman–Crippen LogP) is 4.47. The molecule has 0 amide bonds. The summed E-state index contributed by atoms with van der Waals surface area (Å²) in [7, 11) is 0. The predicted molar refractivity (Wildman–Crippen MR) is 91.3 cm³/mol. The molecule has 0 radical (unpaired) electrons. The minimum absolute atomic E-state index is 0.0492. The second-order valence-corrected chi connectivity index (χ2v) is 5.86. The molecule has 0 atom stereocenters. The summed E-state index contributed by atoms with van der Waals surface area (Å²) in [5.41, 5.74) is -1.49. The largest absolute Gasteiger partial charge is 0.416 e. The van der Waals surface area contributed by atoms with Gasteiger partial charge in [0.2, 0.25) is 5.75 Å². The minimum atomic E-state index is -4.56. The Morgan fingerprint density at radius 2 is 1.93 bits per heavy atom. The molecule has 0 unspecified atom stereocenters. The molecule has 0 aliphatic rings. The van der Waals surface area contributed by atoms with Crippen molar-refractivity contribution in [2.75, 3.05) is 0 Å². The van der Waals surface area contributed by atoms with Gasteiger partial charge in [-0.25, -0.2) is 13.9 Å². The highest BCUT2D eigenvalue weighted by atomic mass is 19.4. The van der Waals surface area contributed by atoms with E-state index in [2.05, 4.69) is 5.10 Å².